The molecule has 0 aliphatic rings. The monoisotopic (exact) mass is 530 g/mol. The van der Waals surface area contributed by atoms with Gasteiger partial charge in [-0.25, -0.2) is 4.68 Å². The van der Waals surface area contributed by atoms with Crippen LogP contribution in [-0.4, -0.2) is 43.4 Å². The Morgan fingerprint density at radius 3 is 2.81 bits per heavy atom. The first-order valence-electron chi connectivity index (χ1n) is 10.2. The van der Waals surface area contributed by atoms with Crippen LogP contribution in [0, 0.1) is 0 Å². The average Bonchev–Trinajstić information content (AvgIpc) is 3.45. The zero-order valence-corrected chi connectivity index (χ0v) is 20.0. The van der Waals surface area contributed by atoms with Gasteiger partial charge in [0.2, 0.25) is 0 Å². The molecule has 8 nitrogen and oxygen atoms in total. The standard InChI is InChI=1S/C22H26N8.HI/c1-3-23-22(24-13-11-21-28-27-20-10-4-5-14-29(20)21)26-17(2)18-8-6-9-19(16-18)30-15-7-12-25-30;/h4-10,12,14-17H,3,11,13H2,1-2H3,(H2,23,24,26);1H. The molecule has 0 bridgehead atoms. The van der Waals surface area contributed by atoms with Gasteiger partial charge in [0, 0.05) is 38.1 Å². The molecule has 0 saturated carbocycles. The Balaban J connectivity index is 0.00000272. The first-order chi connectivity index (χ1) is 14.7. The topological polar surface area (TPSA) is 84.4 Å². The Bertz CT molecular complexity index is 1120. The van der Waals surface area contributed by atoms with E-state index in [4.69, 9.17) is 4.99 Å². The minimum Gasteiger partial charge on any atom is -0.357 e. The van der Waals surface area contributed by atoms with Crippen molar-refractivity contribution in [2.45, 2.75) is 26.3 Å². The van der Waals surface area contributed by atoms with E-state index in [0.717, 1.165) is 35.2 Å². The second-order valence-electron chi connectivity index (χ2n) is 6.97. The van der Waals surface area contributed by atoms with Gasteiger partial charge in [-0.1, -0.05) is 18.2 Å². The lowest BCUT2D eigenvalue weighted by Crippen LogP contribution is -2.39. The Kier molecular flexibility index (Phi) is 7.99. The lowest BCUT2D eigenvalue weighted by atomic mass is 10.1. The lowest BCUT2D eigenvalue weighted by Gasteiger charge is -2.19. The van der Waals surface area contributed by atoms with Crippen molar-refractivity contribution in [3.05, 3.63) is 78.5 Å². The predicted octanol–water partition coefficient (Wildman–Crippen LogP) is 3.39. The van der Waals surface area contributed by atoms with Crippen LogP contribution in [-0.2, 0) is 6.42 Å². The highest BCUT2D eigenvalue weighted by Crippen LogP contribution is 2.16. The number of hydrogen-bond donors (Lipinski definition) is 2. The highest BCUT2D eigenvalue weighted by Gasteiger charge is 2.10. The first kappa shape index (κ1) is 22.7. The molecule has 2 N–H and O–H groups in total. The lowest BCUT2D eigenvalue weighted by molar-refractivity contribution is 0.683. The zero-order valence-electron chi connectivity index (χ0n) is 17.6. The van der Waals surface area contributed by atoms with Gasteiger partial charge in [0.05, 0.1) is 11.7 Å². The molecule has 3 aromatic heterocycles. The minimum atomic E-state index is 0. The maximum atomic E-state index is 4.73. The second-order valence-corrected chi connectivity index (χ2v) is 6.97. The molecule has 1 atom stereocenters. The van der Waals surface area contributed by atoms with E-state index < -0.39 is 0 Å². The summed E-state index contributed by atoms with van der Waals surface area (Å²) in [5.41, 5.74) is 3.05. The first-order valence-corrected chi connectivity index (χ1v) is 10.2. The summed E-state index contributed by atoms with van der Waals surface area (Å²) in [5.74, 6) is 1.69. The summed E-state index contributed by atoms with van der Waals surface area (Å²) in [4.78, 5) is 4.73. The molecule has 3 heterocycles. The summed E-state index contributed by atoms with van der Waals surface area (Å²) >= 11 is 0. The molecule has 1 unspecified atom stereocenters. The van der Waals surface area contributed by atoms with Gasteiger partial charge in [0.25, 0.3) is 0 Å². The van der Waals surface area contributed by atoms with Crippen molar-refractivity contribution in [3.8, 4) is 5.69 Å². The largest absolute Gasteiger partial charge is 0.357 e. The molecule has 4 aromatic rings. The maximum Gasteiger partial charge on any atom is 0.191 e. The van der Waals surface area contributed by atoms with Gasteiger partial charge < -0.3 is 10.6 Å². The highest BCUT2D eigenvalue weighted by molar-refractivity contribution is 14.0. The number of aromatic nitrogens is 5. The molecule has 0 radical (unpaired) electrons. The zero-order chi connectivity index (χ0) is 20.8. The summed E-state index contributed by atoms with van der Waals surface area (Å²) in [5, 5.41) is 19.6. The van der Waals surface area contributed by atoms with Crippen LogP contribution in [0.4, 0.5) is 0 Å². The number of nitrogens with zero attached hydrogens (tertiary/aromatic N) is 6. The Morgan fingerprint density at radius 1 is 1.10 bits per heavy atom. The Labute approximate surface area is 198 Å². The number of nitrogens with one attached hydrogen (secondary N) is 2. The average molecular weight is 530 g/mol. The van der Waals surface area contributed by atoms with Gasteiger partial charge in [-0.2, -0.15) is 5.10 Å². The smallest absolute Gasteiger partial charge is 0.191 e. The molecule has 162 valence electrons. The number of hydrogen-bond acceptors (Lipinski definition) is 4. The molecule has 4 rings (SSSR count). The van der Waals surface area contributed by atoms with Gasteiger partial charge in [-0.05, 0) is 49.7 Å². The van der Waals surface area contributed by atoms with Crippen LogP contribution >= 0.6 is 24.0 Å². The molecule has 1 aromatic carbocycles. The molecular weight excluding hydrogens is 503 g/mol. The molecule has 0 amide bonds. The van der Waals surface area contributed by atoms with E-state index in [2.05, 4.69) is 51.9 Å². The molecular formula is C22H27IN8. The van der Waals surface area contributed by atoms with E-state index in [0.29, 0.717) is 13.0 Å². The van der Waals surface area contributed by atoms with Crippen LogP contribution < -0.4 is 10.6 Å². The fourth-order valence-electron chi connectivity index (χ4n) is 3.30. The third-order valence-corrected chi connectivity index (χ3v) is 4.83. The molecule has 31 heavy (non-hydrogen) atoms. The molecule has 9 heteroatoms. The van der Waals surface area contributed by atoms with Crippen LogP contribution in [0.3, 0.4) is 0 Å². The third-order valence-electron chi connectivity index (χ3n) is 4.83. The summed E-state index contributed by atoms with van der Waals surface area (Å²) < 4.78 is 3.86. The molecule has 0 saturated heterocycles. The van der Waals surface area contributed by atoms with E-state index in [1.165, 1.54) is 0 Å². The van der Waals surface area contributed by atoms with Crippen molar-refractivity contribution in [3.63, 3.8) is 0 Å². The van der Waals surface area contributed by atoms with E-state index in [-0.39, 0.29) is 30.0 Å². The number of pyridine rings is 1. The van der Waals surface area contributed by atoms with Crippen LogP contribution in [0.2, 0.25) is 0 Å². The van der Waals surface area contributed by atoms with Crippen molar-refractivity contribution in [2.75, 3.05) is 13.1 Å². The maximum absolute atomic E-state index is 4.73. The number of benzene rings is 1. The van der Waals surface area contributed by atoms with Crippen LogP contribution in [0.1, 0.15) is 31.3 Å². The van der Waals surface area contributed by atoms with Crippen LogP contribution in [0.15, 0.2) is 72.1 Å². The van der Waals surface area contributed by atoms with Gasteiger partial charge in [-0.3, -0.25) is 9.39 Å². The summed E-state index contributed by atoms with van der Waals surface area (Å²) in [7, 11) is 0. The third kappa shape index (κ3) is 5.60. The van der Waals surface area contributed by atoms with Gasteiger partial charge in [0.15, 0.2) is 11.6 Å². The van der Waals surface area contributed by atoms with Gasteiger partial charge in [0.1, 0.15) is 5.82 Å². The van der Waals surface area contributed by atoms with Gasteiger partial charge in [-0.15, -0.1) is 34.2 Å². The Morgan fingerprint density at radius 2 is 2.00 bits per heavy atom. The molecule has 0 aliphatic carbocycles. The normalized spacial score (nSPS) is 12.4. The van der Waals surface area contributed by atoms with Crippen LogP contribution in [0.5, 0.6) is 0 Å². The van der Waals surface area contributed by atoms with Gasteiger partial charge >= 0.3 is 0 Å². The fraction of sp³-hybridized carbons (Fsp3) is 0.273. The predicted molar refractivity (Wildman–Crippen MR) is 133 cm³/mol. The van der Waals surface area contributed by atoms with E-state index in [1.807, 2.05) is 57.9 Å². The minimum absolute atomic E-state index is 0. The van der Waals surface area contributed by atoms with Crippen molar-refractivity contribution in [1.29, 1.82) is 0 Å². The van der Waals surface area contributed by atoms with Crippen LogP contribution in [0.25, 0.3) is 11.3 Å². The van der Waals surface area contributed by atoms with Crippen molar-refractivity contribution in [2.24, 2.45) is 4.99 Å². The number of guanidine groups is 1. The van der Waals surface area contributed by atoms with E-state index >= 15 is 0 Å². The van der Waals surface area contributed by atoms with Crippen molar-refractivity contribution >= 4 is 35.6 Å². The molecule has 0 spiro atoms. The van der Waals surface area contributed by atoms with Crippen molar-refractivity contribution < 1.29 is 0 Å². The molecule has 0 fully saturated rings. The Hall–Kier alpha value is -2.95. The fourth-order valence-corrected chi connectivity index (χ4v) is 3.30. The van der Waals surface area contributed by atoms with E-state index in [1.54, 1.807) is 6.20 Å². The highest BCUT2D eigenvalue weighted by atomic mass is 127. The van der Waals surface area contributed by atoms with E-state index in [9.17, 15) is 0 Å². The SMILES string of the molecule is CCNC(=NCCc1nnc2ccccn12)NC(C)c1cccc(-n2cccn2)c1.I. The number of aliphatic imine (C=N–C) groups is 1. The second kappa shape index (κ2) is 10.9. The number of rotatable bonds is 7. The summed E-state index contributed by atoms with van der Waals surface area (Å²) in [6.45, 7) is 5.60. The number of halogens is 1. The quantitative estimate of drug-likeness (QED) is 0.218. The van der Waals surface area contributed by atoms with Crippen molar-refractivity contribution in [1.82, 2.24) is 35.0 Å². The summed E-state index contributed by atoms with van der Waals surface area (Å²) in [6.07, 6.45) is 6.41. The molecule has 0 aliphatic heterocycles. The summed E-state index contributed by atoms with van der Waals surface area (Å²) in [6, 6.07) is 16.2. The number of fused-ring (bicyclic) bond motifs is 1.